The lowest BCUT2D eigenvalue weighted by Gasteiger charge is -2.37. The largest absolute Gasteiger partial charge is 0.397 e. The predicted molar refractivity (Wildman–Crippen MR) is 80.6 cm³/mol. The number of pyridine rings is 1. The number of nitrogens with one attached hydrogen (secondary N) is 1. The molecule has 2 heterocycles. The van der Waals surface area contributed by atoms with Crippen molar-refractivity contribution < 1.29 is 4.79 Å². The summed E-state index contributed by atoms with van der Waals surface area (Å²) in [6.07, 6.45) is 2.51. The molecule has 1 unspecified atom stereocenters. The van der Waals surface area contributed by atoms with E-state index in [9.17, 15) is 4.79 Å². The van der Waals surface area contributed by atoms with E-state index in [1.165, 1.54) is 0 Å². The zero-order chi connectivity index (χ0) is 14.1. The van der Waals surface area contributed by atoms with Crippen LogP contribution in [0.25, 0.3) is 10.9 Å². The predicted octanol–water partition coefficient (Wildman–Crippen LogP) is 1.53. The summed E-state index contributed by atoms with van der Waals surface area (Å²) in [5.74, 6) is 0.0904. The van der Waals surface area contributed by atoms with Gasteiger partial charge in [-0.3, -0.25) is 9.78 Å². The van der Waals surface area contributed by atoms with Gasteiger partial charge in [0.25, 0.3) is 0 Å². The lowest BCUT2D eigenvalue weighted by Crippen LogP contribution is -2.55. The number of hydrogen-bond acceptors (Lipinski definition) is 4. The van der Waals surface area contributed by atoms with Crippen LogP contribution in [-0.2, 0) is 4.79 Å². The van der Waals surface area contributed by atoms with Gasteiger partial charge in [-0.2, -0.15) is 0 Å². The van der Waals surface area contributed by atoms with Crippen LogP contribution in [0.2, 0.25) is 0 Å². The van der Waals surface area contributed by atoms with E-state index in [0.717, 1.165) is 29.6 Å². The number of benzene rings is 1. The molecule has 0 aliphatic carbocycles. The normalized spacial score (nSPS) is 19.1. The van der Waals surface area contributed by atoms with Crippen molar-refractivity contribution in [1.29, 1.82) is 0 Å². The molecule has 1 aliphatic heterocycles. The SMILES string of the molecule is CCC1C(=O)NCCN1c1ccc(N)c2ncccc12. The third kappa shape index (κ3) is 1.95. The Morgan fingerprint density at radius 2 is 2.30 bits per heavy atom. The second kappa shape index (κ2) is 5.00. The highest BCUT2D eigenvalue weighted by atomic mass is 16.2. The molecule has 1 amide bonds. The molecule has 0 bridgehead atoms. The van der Waals surface area contributed by atoms with Crippen molar-refractivity contribution in [3.63, 3.8) is 0 Å². The van der Waals surface area contributed by atoms with Crippen LogP contribution in [-0.4, -0.2) is 30.0 Å². The van der Waals surface area contributed by atoms with Gasteiger partial charge in [0, 0.05) is 30.4 Å². The van der Waals surface area contributed by atoms with Crippen molar-refractivity contribution >= 4 is 28.2 Å². The van der Waals surface area contributed by atoms with Crippen molar-refractivity contribution in [1.82, 2.24) is 10.3 Å². The minimum atomic E-state index is -0.129. The Bertz CT molecular complexity index is 655. The van der Waals surface area contributed by atoms with Gasteiger partial charge < -0.3 is 16.0 Å². The monoisotopic (exact) mass is 270 g/mol. The molecule has 2 aromatic rings. The van der Waals surface area contributed by atoms with Crippen LogP contribution in [0.3, 0.4) is 0 Å². The molecule has 1 saturated heterocycles. The van der Waals surface area contributed by atoms with Crippen molar-refractivity contribution in [2.24, 2.45) is 0 Å². The highest BCUT2D eigenvalue weighted by molar-refractivity contribution is 6.00. The Balaban J connectivity index is 2.14. The molecule has 1 aromatic carbocycles. The first-order valence-corrected chi connectivity index (χ1v) is 6.90. The Morgan fingerprint density at radius 3 is 3.10 bits per heavy atom. The van der Waals surface area contributed by atoms with Gasteiger partial charge in [0.15, 0.2) is 0 Å². The number of nitrogen functional groups attached to an aromatic ring is 1. The van der Waals surface area contributed by atoms with Crippen LogP contribution in [0, 0.1) is 0 Å². The molecule has 1 aromatic heterocycles. The van der Waals surface area contributed by atoms with Crippen molar-refractivity contribution in [2.45, 2.75) is 19.4 Å². The van der Waals surface area contributed by atoms with Gasteiger partial charge in [0.2, 0.25) is 5.91 Å². The number of rotatable bonds is 2. The van der Waals surface area contributed by atoms with E-state index < -0.39 is 0 Å². The fraction of sp³-hybridized carbons (Fsp3) is 0.333. The van der Waals surface area contributed by atoms with E-state index in [1.807, 2.05) is 31.2 Å². The number of piperazine rings is 1. The summed E-state index contributed by atoms with van der Waals surface area (Å²) in [6.45, 7) is 3.50. The van der Waals surface area contributed by atoms with E-state index in [-0.39, 0.29) is 11.9 Å². The van der Waals surface area contributed by atoms with E-state index in [0.29, 0.717) is 12.2 Å². The molecule has 5 heteroatoms. The van der Waals surface area contributed by atoms with Crippen molar-refractivity contribution in [3.8, 4) is 0 Å². The highest BCUT2D eigenvalue weighted by Crippen LogP contribution is 2.31. The van der Waals surface area contributed by atoms with E-state index in [1.54, 1.807) is 6.20 Å². The first-order valence-electron chi connectivity index (χ1n) is 6.90. The molecule has 1 fully saturated rings. The average Bonchev–Trinajstić information content (AvgIpc) is 2.48. The molecule has 5 nitrogen and oxygen atoms in total. The van der Waals surface area contributed by atoms with Crippen LogP contribution in [0.5, 0.6) is 0 Å². The maximum atomic E-state index is 12.0. The highest BCUT2D eigenvalue weighted by Gasteiger charge is 2.29. The summed E-state index contributed by atoms with van der Waals surface area (Å²) >= 11 is 0. The number of nitrogens with zero attached hydrogens (tertiary/aromatic N) is 2. The topological polar surface area (TPSA) is 71.2 Å². The number of fused-ring (bicyclic) bond motifs is 1. The molecule has 1 atom stereocenters. The maximum absolute atomic E-state index is 12.0. The second-order valence-corrected chi connectivity index (χ2v) is 4.98. The maximum Gasteiger partial charge on any atom is 0.242 e. The van der Waals surface area contributed by atoms with Gasteiger partial charge in [-0.05, 0) is 30.7 Å². The third-order valence-electron chi connectivity index (χ3n) is 3.80. The quantitative estimate of drug-likeness (QED) is 0.812. The zero-order valence-electron chi connectivity index (χ0n) is 11.5. The van der Waals surface area contributed by atoms with E-state index >= 15 is 0 Å². The van der Waals surface area contributed by atoms with Crippen LogP contribution < -0.4 is 16.0 Å². The van der Waals surface area contributed by atoms with Gasteiger partial charge in [0.1, 0.15) is 6.04 Å². The minimum Gasteiger partial charge on any atom is -0.397 e. The lowest BCUT2D eigenvalue weighted by atomic mass is 10.1. The van der Waals surface area contributed by atoms with Crippen molar-refractivity contribution in [2.75, 3.05) is 23.7 Å². The summed E-state index contributed by atoms with van der Waals surface area (Å²) in [5.41, 5.74) is 8.48. The number of nitrogens with two attached hydrogens (primary N) is 1. The van der Waals surface area contributed by atoms with Gasteiger partial charge in [0.05, 0.1) is 11.2 Å². The summed E-state index contributed by atoms with van der Waals surface area (Å²) in [6, 6.07) is 7.63. The fourth-order valence-electron chi connectivity index (χ4n) is 2.84. The van der Waals surface area contributed by atoms with Gasteiger partial charge in [-0.1, -0.05) is 6.92 Å². The van der Waals surface area contributed by atoms with Crippen LogP contribution >= 0.6 is 0 Å². The molecule has 3 N–H and O–H groups in total. The first-order chi connectivity index (χ1) is 9.72. The molecule has 104 valence electrons. The third-order valence-corrected chi connectivity index (χ3v) is 3.80. The van der Waals surface area contributed by atoms with Gasteiger partial charge >= 0.3 is 0 Å². The molecular weight excluding hydrogens is 252 g/mol. The fourth-order valence-corrected chi connectivity index (χ4v) is 2.84. The first kappa shape index (κ1) is 12.7. The molecule has 0 radical (unpaired) electrons. The number of carbonyl (C=O) groups excluding carboxylic acids is 1. The minimum absolute atomic E-state index is 0.0904. The van der Waals surface area contributed by atoms with Gasteiger partial charge in [-0.25, -0.2) is 0 Å². The lowest BCUT2D eigenvalue weighted by molar-refractivity contribution is -0.123. The Morgan fingerprint density at radius 1 is 1.45 bits per heavy atom. The van der Waals surface area contributed by atoms with Crippen LogP contribution in [0.15, 0.2) is 30.5 Å². The number of amides is 1. The number of aromatic nitrogens is 1. The summed E-state index contributed by atoms with van der Waals surface area (Å²) < 4.78 is 0. The standard InChI is InChI=1S/C15H18N4O/c1-2-12-15(20)18-8-9-19(12)13-6-5-11(16)14-10(13)4-3-7-17-14/h3-7,12H,2,8-9,16H2,1H3,(H,18,20). The molecular formula is C15H18N4O. The van der Waals surface area contributed by atoms with E-state index in [4.69, 9.17) is 5.73 Å². The summed E-state index contributed by atoms with van der Waals surface area (Å²) in [7, 11) is 0. The summed E-state index contributed by atoms with van der Waals surface area (Å²) in [5, 5.41) is 3.92. The smallest absolute Gasteiger partial charge is 0.242 e. The summed E-state index contributed by atoms with van der Waals surface area (Å²) in [4.78, 5) is 18.5. The Kier molecular flexibility index (Phi) is 3.18. The number of hydrogen-bond donors (Lipinski definition) is 2. The number of anilines is 2. The molecule has 20 heavy (non-hydrogen) atoms. The molecule has 1 aliphatic rings. The van der Waals surface area contributed by atoms with Crippen LogP contribution in [0.1, 0.15) is 13.3 Å². The zero-order valence-corrected chi connectivity index (χ0v) is 11.5. The Labute approximate surface area is 117 Å². The van der Waals surface area contributed by atoms with Crippen LogP contribution in [0.4, 0.5) is 11.4 Å². The number of carbonyl (C=O) groups is 1. The molecule has 0 saturated carbocycles. The van der Waals surface area contributed by atoms with Gasteiger partial charge in [-0.15, -0.1) is 0 Å². The van der Waals surface area contributed by atoms with E-state index in [2.05, 4.69) is 15.2 Å². The Hall–Kier alpha value is -2.30. The second-order valence-electron chi connectivity index (χ2n) is 4.98. The van der Waals surface area contributed by atoms with Crippen molar-refractivity contribution in [3.05, 3.63) is 30.5 Å². The molecule has 0 spiro atoms. The molecule has 3 rings (SSSR count). The average molecular weight is 270 g/mol.